The minimum absolute atomic E-state index is 0.0567. The SMILES string of the molecule is CSCC(=O)NC1CCC(C(=O)O)CC1. The van der Waals surface area contributed by atoms with Gasteiger partial charge in [0.2, 0.25) is 5.91 Å². The molecule has 1 aliphatic rings. The number of carbonyl (C=O) groups excluding carboxylic acids is 1. The van der Waals surface area contributed by atoms with Crippen molar-refractivity contribution in [3.63, 3.8) is 0 Å². The highest BCUT2D eigenvalue weighted by molar-refractivity contribution is 7.99. The van der Waals surface area contributed by atoms with Crippen molar-refractivity contribution in [1.29, 1.82) is 0 Å². The van der Waals surface area contributed by atoms with Crippen molar-refractivity contribution in [1.82, 2.24) is 5.32 Å². The molecule has 1 saturated carbocycles. The van der Waals surface area contributed by atoms with Crippen LogP contribution in [0.5, 0.6) is 0 Å². The van der Waals surface area contributed by atoms with Crippen molar-refractivity contribution in [3.8, 4) is 0 Å². The fraction of sp³-hybridized carbons (Fsp3) is 0.800. The largest absolute Gasteiger partial charge is 0.481 e. The van der Waals surface area contributed by atoms with Crippen LogP contribution in [0.4, 0.5) is 0 Å². The van der Waals surface area contributed by atoms with Gasteiger partial charge in [0.15, 0.2) is 0 Å². The third-order valence-electron chi connectivity index (χ3n) is 2.72. The first-order valence-electron chi connectivity index (χ1n) is 5.14. The molecule has 0 atom stereocenters. The molecule has 2 N–H and O–H groups in total. The Morgan fingerprint density at radius 3 is 2.40 bits per heavy atom. The molecule has 0 bridgehead atoms. The van der Waals surface area contributed by atoms with Crippen LogP contribution in [-0.2, 0) is 9.59 Å². The second kappa shape index (κ2) is 6.00. The molecule has 0 aromatic heterocycles. The number of rotatable bonds is 4. The van der Waals surface area contributed by atoms with E-state index in [1.807, 2.05) is 6.26 Å². The quantitative estimate of drug-likeness (QED) is 0.760. The zero-order chi connectivity index (χ0) is 11.3. The number of carbonyl (C=O) groups is 2. The van der Waals surface area contributed by atoms with Gasteiger partial charge in [-0.3, -0.25) is 9.59 Å². The summed E-state index contributed by atoms with van der Waals surface area (Å²) in [6, 6.07) is 0.181. The van der Waals surface area contributed by atoms with Crippen molar-refractivity contribution < 1.29 is 14.7 Å². The Morgan fingerprint density at radius 1 is 1.33 bits per heavy atom. The first-order valence-corrected chi connectivity index (χ1v) is 6.54. The topological polar surface area (TPSA) is 66.4 Å². The van der Waals surface area contributed by atoms with Gasteiger partial charge < -0.3 is 10.4 Å². The maximum absolute atomic E-state index is 11.3. The van der Waals surface area contributed by atoms with Gasteiger partial charge in [0.25, 0.3) is 0 Å². The van der Waals surface area contributed by atoms with Gasteiger partial charge in [-0.1, -0.05) is 0 Å². The Hall–Kier alpha value is -0.710. The highest BCUT2D eigenvalue weighted by Gasteiger charge is 2.26. The summed E-state index contributed by atoms with van der Waals surface area (Å²) < 4.78 is 0. The highest BCUT2D eigenvalue weighted by Crippen LogP contribution is 2.24. The van der Waals surface area contributed by atoms with Gasteiger partial charge in [0, 0.05) is 6.04 Å². The van der Waals surface area contributed by atoms with Gasteiger partial charge in [-0.25, -0.2) is 0 Å². The molecule has 0 saturated heterocycles. The fourth-order valence-corrected chi connectivity index (χ4v) is 2.23. The zero-order valence-electron chi connectivity index (χ0n) is 8.86. The van der Waals surface area contributed by atoms with E-state index in [0.29, 0.717) is 18.6 Å². The van der Waals surface area contributed by atoms with Gasteiger partial charge in [-0.15, -0.1) is 0 Å². The maximum atomic E-state index is 11.3. The van der Waals surface area contributed by atoms with Crippen LogP contribution in [0.3, 0.4) is 0 Å². The number of carboxylic acid groups (broad SMARTS) is 1. The van der Waals surface area contributed by atoms with Crippen LogP contribution < -0.4 is 5.32 Å². The molecule has 0 radical (unpaired) electrons. The average Bonchev–Trinajstić information content (AvgIpc) is 2.18. The van der Waals surface area contributed by atoms with Crippen LogP contribution in [0.1, 0.15) is 25.7 Å². The van der Waals surface area contributed by atoms with E-state index in [2.05, 4.69) is 5.32 Å². The van der Waals surface area contributed by atoms with E-state index < -0.39 is 5.97 Å². The number of thioether (sulfide) groups is 1. The van der Waals surface area contributed by atoms with Gasteiger partial charge in [-0.05, 0) is 31.9 Å². The smallest absolute Gasteiger partial charge is 0.306 e. The molecule has 1 amide bonds. The van der Waals surface area contributed by atoms with Gasteiger partial charge in [-0.2, -0.15) is 11.8 Å². The van der Waals surface area contributed by atoms with E-state index in [-0.39, 0.29) is 17.9 Å². The van der Waals surface area contributed by atoms with E-state index in [1.54, 1.807) is 0 Å². The molecule has 15 heavy (non-hydrogen) atoms. The summed E-state index contributed by atoms with van der Waals surface area (Å²) in [6.45, 7) is 0. The summed E-state index contributed by atoms with van der Waals surface area (Å²) in [7, 11) is 0. The second-order valence-electron chi connectivity index (χ2n) is 3.89. The first kappa shape index (κ1) is 12.4. The molecular weight excluding hydrogens is 214 g/mol. The minimum Gasteiger partial charge on any atom is -0.481 e. The van der Waals surface area contributed by atoms with Gasteiger partial charge >= 0.3 is 5.97 Å². The number of carboxylic acids is 1. The fourth-order valence-electron chi connectivity index (χ4n) is 1.89. The molecule has 86 valence electrons. The Kier molecular flexibility index (Phi) is 4.94. The number of nitrogens with one attached hydrogen (secondary N) is 1. The van der Waals surface area contributed by atoms with Crippen molar-refractivity contribution in [2.75, 3.05) is 12.0 Å². The lowest BCUT2D eigenvalue weighted by Gasteiger charge is -2.26. The van der Waals surface area contributed by atoms with Crippen LogP contribution in [0.2, 0.25) is 0 Å². The Balaban J connectivity index is 2.25. The van der Waals surface area contributed by atoms with Crippen molar-refractivity contribution in [3.05, 3.63) is 0 Å². The van der Waals surface area contributed by atoms with Gasteiger partial charge in [0.05, 0.1) is 11.7 Å². The molecule has 5 heteroatoms. The van der Waals surface area contributed by atoms with E-state index in [4.69, 9.17) is 5.11 Å². The Labute approximate surface area is 93.8 Å². The molecule has 0 heterocycles. The maximum Gasteiger partial charge on any atom is 0.306 e. The molecule has 1 rings (SSSR count). The van der Waals surface area contributed by atoms with E-state index in [0.717, 1.165) is 12.8 Å². The van der Waals surface area contributed by atoms with E-state index in [1.165, 1.54) is 11.8 Å². The average molecular weight is 231 g/mol. The normalized spacial score (nSPS) is 25.9. The third-order valence-corrected chi connectivity index (χ3v) is 3.27. The molecular formula is C10H17NO3S. The summed E-state index contributed by atoms with van der Waals surface area (Å²) in [5, 5.41) is 11.7. The van der Waals surface area contributed by atoms with Crippen LogP contribution in [0, 0.1) is 5.92 Å². The Bertz CT molecular complexity index is 237. The summed E-state index contributed by atoms with van der Waals surface area (Å²) in [4.78, 5) is 22.0. The second-order valence-corrected chi connectivity index (χ2v) is 4.75. The zero-order valence-corrected chi connectivity index (χ0v) is 9.68. The van der Waals surface area contributed by atoms with E-state index >= 15 is 0 Å². The number of hydrogen-bond donors (Lipinski definition) is 2. The number of amides is 1. The number of hydrogen-bond acceptors (Lipinski definition) is 3. The van der Waals surface area contributed by atoms with Crippen molar-refractivity contribution in [2.45, 2.75) is 31.7 Å². The first-order chi connectivity index (χ1) is 7.13. The lowest BCUT2D eigenvalue weighted by Crippen LogP contribution is -2.39. The lowest BCUT2D eigenvalue weighted by atomic mass is 9.86. The van der Waals surface area contributed by atoms with Crippen molar-refractivity contribution in [2.24, 2.45) is 5.92 Å². The molecule has 0 spiro atoms. The molecule has 0 aromatic carbocycles. The predicted molar refractivity (Wildman–Crippen MR) is 59.9 cm³/mol. The summed E-state index contributed by atoms with van der Waals surface area (Å²) in [5.74, 6) is -0.373. The van der Waals surface area contributed by atoms with Crippen LogP contribution in [0.15, 0.2) is 0 Å². The van der Waals surface area contributed by atoms with Crippen LogP contribution in [0.25, 0.3) is 0 Å². The molecule has 0 aliphatic heterocycles. The van der Waals surface area contributed by atoms with Crippen LogP contribution in [-0.4, -0.2) is 35.0 Å². The van der Waals surface area contributed by atoms with E-state index in [9.17, 15) is 9.59 Å². The molecule has 0 aromatic rings. The third kappa shape index (κ3) is 4.11. The van der Waals surface area contributed by atoms with Crippen molar-refractivity contribution >= 4 is 23.6 Å². The standard InChI is InChI=1S/C10H17NO3S/c1-15-6-9(12)11-8-4-2-7(3-5-8)10(13)14/h7-8H,2-6H2,1H3,(H,11,12)(H,13,14). The van der Waals surface area contributed by atoms with Crippen LogP contribution >= 0.6 is 11.8 Å². The minimum atomic E-state index is -0.705. The molecule has 4 nitrogen and oxygen atoms in total. The molecule has 1 fully saturated rings. The Morgan fingerprint density at radius 2 is 1.93 bits per heavy atom. The predicted octanol–water partition coefficient (Wildman–Crippen LogP) is 1.11. The summed E-state index contributed by atoms with van der Waals surface area (Å²) >= 11 is 1.50. The molecule has 0 unspecified atom stereocenters. The summed E-state index contributed by atoms with van der Waals surface area (Å²) in [6.07, 6.45) is 4.83. The molecule has 1 aliphatic carbocycles. The highest BCUT2D eigenvalue weighted by atomic mass is 32.2. The number of aliphatic carboxylic acids is 1. The van der Waals surface area contributed by atoms with Gasteiger partial charge in [0.1, 0.15) is 0 Å². The summed E-state index contributed by atoms with van der Waals surface area (Å²) in [5.41, 5.74) is 0. The monoisotopic (exact) mass is 231 g/mol. The lowest BCUT2D eigenvalue weighted by molar-refractivity contribution is -0.142.